The average molecular weight is 645 g/mol. The Morgan fingerprint density at radius 3 is 1.93 bits per heavy atom. The first-order valence-electron chi connectivity index (χ1n) is 18.4. The standard InChI is InChI=1S/2C19H30O4/c1-17-7-6-12(20)9-11(17)5-8-19(23)14-3-4-15(22)18(14,2)10-13(21)16(17)19;1-18-6-5-11(20)7-10(18)8-13(21)16-12-3-4-15(23)19(12,2)9-14(22)17(16)18/h5,12-16,20-23H,3-4,6-10H2,1-2H3;8,11-17,20-23H,3-7,9H2,1-2H3/t12-,13+,14+,15-,16+,17-,18-,19+;11-,12-,13-,14+,15-,16?,17-,18-,19-/m00/s1. The maximum Gasteiger partial charge on any atom is 0.0777 e. The summed E-state index contributed by atoms with van der Waals surface area (Å²) >= 11 is 0. The van der Waals surface area contributed by atoms with Gasteiger partial charge < -0.3 is 40.9 Å². The molecule has 6 saturated carbocycles. The van der Waals surface area contributed by atoms with Crippen LogP contribution in [0.15, 0.2) is 23.3 Å². The molecule has 0 aliphatic heterocycles. The van der Waals surface area contributed by atoms with Crippen LogP contribution in [0, 0.1) is 51.2 Å². The Labute approximate surface area is 274 Å². The molecule has 0 saturated heterocycles. The van der Waals surface area contributed by atoms with E-state index in [2.05, 4.69) is 26.8 Å². The lowest BCUT2D eigenvalue weighted by atomic mass is 9.45. The van der Waals surface area contributed by atoms with Crippen LogP contribution in [0.3, 0.4) is 0 Å². The van der Waals surface area contributed by atoms with Gasteiger partial charge in [-0.25, -0.2) is 0 Å². The third-order valence-corrected chi connectivity index (χ3v) is 16.0. The molecule has 0 heterocycles. The summed E-state index contributed by atoms with van der Waals surface area (Å²) in [4.78, 5) is 0. The number of rotatable bonds is 0. The summed E-state index contributed by atoms with van der Waals surface area (Å²) in [7, 11) is 0. The zero-order valence-electron chi connectivity index (χ0n) is 28.4. The molecule has 8 rings (SSSR count). The molecule has 46 heavy (non-hydrogen) atoms. The highest BCUT2D eigenvalue weighted by Gasteiger charge is 2.68. The largest absolute Gasteiger partial charge is 0.393 e. The van der Waals surface area contributed by atoms with Crippen LogP contribution in [0.2, 0.25) is 0 Å². The van der Waals surface area contributed by atoms with Gasteiger partial charge in [-0.1, -0.05) is 51.0 Å². The van der Waals surface area contributed by atoms with E-state index in [1.807, 2.05) is 13.0 Å². The highest BCUT2D eigenvalue weighted by Crippen LogP contribution is 2.67. The molecule has 0 radical (unpaired) electrons. The fraction of sp³-hybridized carbons (Fsp3) is 0.895. The Morgan fingerprint density at radius 1 is 0.652 bits per heavy atom. The molecule has 0 aromatic carbocycles. The fourth-order valence-corrected chi connectivity index (χ4v) is 13.6. The molecule has 1 unspecified atom stereocenters. The van der Waals surface area contributed by atoms with Gasteiger partial charge in [0.25, 0.3) is 0 Å². The van der Waals surface area contributed by atoms with Gasteiger partial charge >= 0.3 is 0 Å². The first-order valence-corrected chi connectivity index (χ1v) is 18.4. The van der Waals surface area contributed by atoms with Crippen LogP contribution >= 0.6 is 0 Å². The molecular weight excluding hydrogens is 584 g/mol. The quantitative estimate of drug-likeness (QED) is 0.186. The van der Waals surface area contributed by atoms with Gasteiger partial charge in [0.15, 0.2) is 0 Å². The van der Waals surface area contributed by atoms with E-state index < -0.39 is 30.0 Å². The van der Waals surface area contributed by atoms with Crippen molar-refractivity contribution in [1.82, 2.24) is 0 Å². The van der Waals surface area contributed by atoms with Crippen molar-refractivity contribution < 1.29 is 40.9 Å². The van der Waals surface area contributed by atoms with E-state index in [1.165, 1.54) is 5.57 Å². The van der Waals surface area contributed by atoms with Gasteiger partial charge in [0, 0.05) is 11.3 Å². The molecule has 8 N–H and O–H groups in total. The van der Waals surface area contributed by atoms with Gasteiger partial charge in [-0.3, -0.25) is 0 Å². The van der Waals surface area contributed by atoms with Crippen molar-refractivity contribution in [2.24, 2.45) is 51.2 Å². The van der Waals surface area contributed by atoms with Crippen LogP contribution in [0.25, 0.3) is 0 Å². The Bertz CT molecular complexity index is 1270. The van der Waals surface area contributed by atoms with Gasteiger partial charge in [-0.15, -0.1) is 0 Å². The maximum absolute atomic E-state index is 11.7. The maximum atomic E-state index is 11.7. The van der Waals surface area contributed by atoms with Crippen LogP contribution in [0.5, 0.6) is 0 Å². The highest BCUT2D eigenvalue weighted by molar-refractivity contribution is 5.31. The lowest BCUT2D eigenvalue weighted by Crippen LogP contribution is -2.66. The molecule has 0 bridgehead atoms. The lowest BCUT2D eigenvalue weighted by Gasteiger charge is -2.63. The monoisotopic (exact) mass is 644 g/mol. The summed E-state index contributed by atoms with van der Waals surface area (Å²) < 4.78 is 0. The first kappa shape index (κ1) is 33.6. The van der Waals surface area contributed by atoms with Crippen molar-refractivity contribution in [1.29, 1.82) is 0 Å². The Balaban J connectivity index is 0.000000147. The minimum atomic E-state index is -0.940. The van der Waals surface area contributed by atoms with E-state index in [0.29, 0.717) is 32.1 Å². The molecule has 260 valence electrons. The minimum Gasteiger partial charge on any atom is -0.393 e. The zero-order valence-corrected chi connectivity index (χ0v) is 28.4. The summed E-state index contributed by atoms with van der Waals surface area (Å²) in [6.07, 6.45) is 10.5. The molecular formula is C38H60O8. The summed E-state index contributed by atoms with van der Waals surface area (Å²) in [6.45, 7) is 8.51. The van der Waals surface area contributed by atoms with Crippen LogP contribution in [-0.4, -0.2) is 89.2 Å². The van der Waals surface area contributed by atoms with Gasteiger partial charge in [-0.05, 0) is 123 Å². The Hall–Kier alpha value is -0.840. The van der Waals surface area contributed by atoms with Crippen molar-refractivity contribution in [3.63, 3.8) is 0 Å². The van der Waals surface area contributed by atoms with Gasteiger partial charge in [0.1, 0.15) is 0 Å². The molecule has 8 nitrogen and oxygen atoms in total. The van der Waals surface area contributed by atoms with Crippen molar-refractivity contribution in [2.45, 2.75) is 159 Å². The van der Waals surface area contributed by atoms with E-state index in [1.54, 1.807) is 0 Å². The van der Waals surface area contributed by atoms with Crippen molar-refractivity contribution in [3.8, 4) is 0 Å². The van der Waals surface area contributed by atoms with Crippen LogP contribution in [0.4, 0.5) is 0 Å². The second-order valence-electron chi connectivity index (χ2n) is 18.2. The van der Waals surface area contributed by atoms with Crippen molar-refractivity contribution in [3.05, 3.63) is 23.3 Å². The Kier molecular flexibility index (Phi) is 8.11. The molecule has 0 aromatic rings. The van der Waals surface area contributed by atoms with Crippen molar-refractivity contribution in [2.75, 3.05) is 0 Å². The van der Waals surface area contributed by atoms with Gasteiger partial charge in [-0.2, -0.15) is 0 Å². The zero-order chi connectivity index (χ0) is 33.2. The Morgan fingerprint density at radius 2 is 1.24 bits per heavy atom. The lowest BCUT2D eigenvalue weighted by molar-refractivity contribution is -0.225. The average Bonchev–Trinajstić information content (AvgIpc) is 3.44. The number of hydrogen-bond acceptors (Lipinski definition) is 8. The summed E-state index contributed by atoms with van der Waals surface area (Å²) in [5.74, 6) is 0.173. The second kappa shape index (κ2) is 11.1. The molecule has 8 aliphatic rings. The second-order valence-corrected chi connectivity index (χ2v) is 18.2. The molecule has 6 fully saturated rings. The van der Waals surface area contributed by atoms with Gasteiger partial charge in [0.2, 0.25) is 0 Å². The normalized spacial score (nSPS) is 58.9. The third-order valence-electron chi connectivity index (χ3n) is 16.0. The SMILES string of the molecule is C[C@]12C[C@@H](O)[C@H]3C([C@@H](O)C=C4C[C@@H](O)CC[C@@]43C)[C@@H]1CC[C@@H]2O.C[C@]12C[C@@H](O)[C@H]3[C@@](O)(CC=C4C[C@@H](O)CC[C@@]43C)[C@@H]1CC[C@@H]2O. The minimum absolute atomic E-state index is 0.0184. The smallest absolute Gasteiger partial charge is 0.0777 e. The molecule has 17 atom stereocenters. The highest BCUT2D eigenvalue weighted by atomic mass is 16.3. The van der Waals surface area contributed by atoms with E-state index in [4.69, 9.17) is 0 Å². The molecule has 0 spiro atoms. The third kappa shape index (κ3) is 4.60. The van der Waals surface area contributed by atoms with Crippen molar-refractivity contribution >= 4 is 0 Å². The van der Waals surface area contributed by atoms with Crippen LogP contribution in [0.1, 0.15) is 111 Å². The van der Waals surface area contributed by atoms with E-state index in [9.17, 15) is 40.9 Å². The predicted molar refractivity (Wildman–Crippen MR) is 173 cm³/mol. The predicted octanol–water partition coefficient (Wildman–Crippen LogP) is 3.37. The first-order chi connectivity index (χ1) is 21.5. The molecule has 8 aliphatic carbocycles. The number of hydrogen-bond donors (Lipinski definition) is 8. The summed E-state index contributed by atoms with van der Waals surface area (Å²) in [5.41, 5.74) is 0.374. The van der Waals surface area contributed by atoms with Crippen LogP contribution in [-0.2, 0) is 0 Å². The molecule has 0 aromatic heterocycles. The molecule has 0 amide bonds. The number of fused-ring (bicyclic) bond motifs is 10. The number of aliphatic hydroxyl groups is 8. The van der Waals surface area contributed by atoms with Gasteiger partial charge in [0.05, 0.1) is 48.3 Å². The van der Waals surface area contributed by atoms with Crippen LogP contribution < -0.4 is 0 Å². The summed E-state index contributed by atoms with van der Waals surface area (Å²) in [5, 5.41) is 85.6. The topological polar surface area (TPSA) is 162 Å². The van der Waals surface area contributed by atoms with E-state index in [-0.39, 0.29) is 69.6 Å². The fourth-order valence-electron chi connectivity index (χ4n) is 13.6. The molecule has 8 heteroatoms. The summed E-state index contributed by atoms with van der Waals surface area (Å²) in [6, 6.07) is 0. The number of aliphatic hydroxyl groups excluding tert-OH is 7. The van der Waals surface area contributed by atoms with E-state index in [0.717, 1.165) is 56.9 Å². The van der Waals surface area contributed by atoms with E-state index >= 15 is 0 Å².